The number of nitrogen functional groups attached to an aromatic ring is 1. The molecule has 0 radical (unpaired) electrons. The molecule has 5 heteroatoms. The van der Waals surface area contributed by atoms with E-state index in [-0.39, 0.29) is 5.91 Å². The van der Waals surface area contributed by atoms with Gasteiger partial charge in [0.15, 0.2) is 0 Å². The number of anilines is 1. The van der Waals surface area contributed by atoms with Crippen molar-refractivity contribution in [2.24, 2.45) is 0 Å². The van der Waals surface area contributed by atoms with Gasteiger partial charge in [0.2, 0.25) is 0 Å². The van der Waals surface area contributed by atoms with E-state index in [1.807, 2.05) is 35.2 Å². The molecule has 0 aromatic heterocycles. The van der Waals surface area contributed by atoms with Gasteiger partial charge in [0.05, 0.1) is 0 Å². The highest BCUT2D eigenvalue weighted by Gasteiger charge is 2.20. The van der Waals surface area contributed by atoms with Crippen LogP contribution < -0.4 is 5.73 Å². The maximum atomic E-state index is 12.6. The molecule has 0 atom stereocenters. The SMILES string of the molecule is Nc1cccc(CN2CCCN(C(=O)c3cccc(Cl)c3)CC2)c1. The first-order valence-corrected chi connectivity index (χ1v) is 8.61. The predicted molar refractivity (Wildman–Crippen MR) is 98.1 cm³/mol. The van der Waals surface area contributed by atoms with Gasteiger partial charge in [-0.05, 0) is 42.3 Å². The number of benzene rings is 2. The first kappa shape index (κ1) is 16.8. The lowest BCUT2D eigenvalue weighted by atomic mass is 10.2. The molecule has 0 saturated carbocycles. The van der Waals surface area contributed by atoms with Gasteiger partial charge in [-0.25, -0.2) is 0 Å². The molecule has 1 amide bonds. The second-order valence-corrected chi connectivity index (χ2v) is 6.61. The van der Waals surface area contributed by atoms with E-state index in [9.17, 15) is 4.79 Å². The number of halogens is 1. The summed E-state index contributed by atoms with van der Waals surface area (Å²) in [5.74, 6) is 0.0586. The number of carbonyl (C=O) groups excluding carboxylic acids is 1. The van der Waals surface area contributed by atoms with Crippen LogP contribution in [0.4, 0.5) is 5.69 Å². The van der Waals surface area contributed by atoms with E-state index in [0.29, 0.717) is 10.6 Å². The summed E-state index contributed by atoms with van der Waals surface area (Å²) in [6, 6.07) is 15.2. The molecule has 2 aromatic rings. The lowest BCUT2D eigenvalue weighted by Gasteiger charge is -2.22. The number of hydrogen-bond donors (Lipinski definition) is 1. The van der Waals surface area contributed by atoms with Crippen LogP contribution in [0.3, 0.4) is 0 Å². The van der Waals surface area contributed by atoms with Crippen LogP contribution in [-0.4, -0.2) is 41.9 Å². The molecule has 2 aromatic carbocycles. The molecular formula is C19H22ClN3O. The molecule has 24 heavy (non-hydrogen) atoms. The Hall–Kier alpha value is -2.04. The van der Waals surface area contributed by atoms with Crippen molar-refractivity contribution in [1.29, 1.82) is 0 Å². The summed E-state index contributed by atoms with van der Waals surface area (Å²) in [5.41, 5.74) is 8.51. The Bertz CT molecular complexity index is 719. The monoisotopic (exact) mass is 343 g/mol. The molecule has 2 N–H and O–H groups in total. The molecule has 1 heterocycles. The Morgan fingerprint density at radius 1 is 1.04 bits per heavy atom. The molecular weight excluding hydrogens is 322 g/mol. The number of nitrogens with two attached hydrogens (primary N) is 1. The van der Waals surface area contributed by atoms with Crippen LogP contribution in [-0.2, 0) is 6.54 Å². The van der Waals surface area contributed by atoms with Crippen LogP contribution in [0.1, 0.15) is 22.3 Å². The number of hydrogen-bond acceptors (Lipinski definition) is 3. The van der Waals surface area contributed by atoms with Gasteiger partial charge < -0.3 is 10.6 Å². The molecule has 0 bridgehead atoms. The summed E-state index contributed by atoms with van der Waals surface area (Å²) < 4.78 is 0. The Kier molecular flexibility index (Phi) is 5.38. The maximum absolute atomic E-state index is 12.6. The molecule has 1 aliphatic rings. The normalized spacial score (nSPS) is 16.0. The fourth-order valence-corrected chi connectivity index (χ4v) is 3.28. The van der Waals surface area contributed by atoms with E-state index >= 15 is 0 Å². The standard InChI is InChI=1S/C19H22ClN3O/c20-17-6-2-5-16(13-17)19(24)23-9-3-8-22(10-11-23)14-15-4-1-7-18(21)12-15/h1-2,4-7,12-13H,3,8-11,14,21H2. The zero-order chi connectivity index (χ0) is 16.9. The van der Waals surface area contributed by atoms with E-state index < -0.39 is 0 Å². The van der Waals surface area contributed by atoms with Gasteiger partial charge in [0.25, 0.3) is 5.91 Å². The highest BCUT2D eigenvalue weighted by molar-refractivity contribution is 6.30. The third-order valence-corrected chi connectivity index (χ3v) is 4.54. The highest BCUT2D eigenvalue weighted by Crippen LogP contribution is 2.16. The maximum Gasteiger partial charge on any atom is 0.253 e. The molecule has 1 saturated heterocycles. The highest BCUT2D eigenvalue weighted by atomic mass is 35.5. The smallest absolute Gasteiger partial charge is 0.253 e. The Morgan fingerprint density at radius 3 is 2.67 bits per heavy atom. The van der Waals surface area contributed by atoms with Crippen molar-refractivity contribution >= 4 is 23.2 Å². The van der Waals surface area contributed by atoms with Crippen LogP contribution >= 0.6 is 11.6 Å². The van der Waals surface area contributed by atoms with Crippen LogP contribution in [0, 0.1) is 0 Å². The average Bonchev–Trinajstić information content (AvgIpc) is 2.80. The fourth-order valence-electron chi connectivity index (χ4n) is 3.09. The van der Waals surface area contributed by atoms with Crippen molar-refractivity contribution < 1.29 is 4.79 Å². The van der Waals surface area contributed by atoms with Crippen molar-refractivity contribution in [1.82, 2.24) is 9.80 Å². The molecule has 3 rings (SSSR count). The second kappa shape index (κ2) is 7.69. The minimum absolute atomic E-state index is 0.0586. The topological polar surface area (TPSA) is 49.6 Å². The summed E-state index contributed by atoms with van der Waals surface area (Å²) >= 11 is 6.00. The van der Waals surface area contributed by atoms with Gasteiger partial charge in [-0.3, -0.25) is 9.69 Å². The number of carbonyl (C=O) groups is 1. The fraction of sp³-hybridized carbons (Fsp3) is 0.316. The number of amides is 1. The lowest BCUT2D eigenvalue weighted by molar-refractivity contribution is 0.0761. The first-order valence-electron chi connectivity index (χ1n) is 8.23. The summed E-state index contributed by atoms with van der Waals surface area (Å²) in [5, 5.41) is 0.596. The largest absolute Gasteiger partial charge is 0.399 e. The van der Waals surface area contributed by atoms with Gasteiger partial charge >= 0.3 is 0 Å². The van der Waals surface area contributed by atoms with Crippen molar-refractivity contribution in [2.75, 3.05) is 31.9 Å². The zero-order valence-corrected chi connectivity index (χ0v) is 14.4. The lowest BCUT2D eigenvalue weighted by Crippen LogP contribution is -2.35. The molecule has 0 aliphatic carbocycles. The summed E-state index contributed by atoms with van der Waals surface area (Å²) in [7, 11) is 0. The van der Waals surface area contributed by atoms with Gasteiger partial charge in [-0.1, -0.05) is 29.8 Å². The number of rotatable bonds is 3. The van der Waals surface area contributed by atoms with E-state index in [1.165, 1.54) is 5.56 Å². The van der Waals surface area contributed by atoms with Crippen LogP contribution in [0.15, 0.2) is 48.5 Å². The Labute approximate surface area is 147 Å². The van der Waals surface area contributed by atoms with Crippen molar-refractivity contribution in [3.05, 3.63) is 64.7 Å². The van der Waals surface area contributed by atoms with E-state index in [4.69, 9.17) is 17.3 Å². The van der Waals surface area contributed by atoms with E-state index in [0.717, 1.165) is 44.8 Å². The summed E-state index contributed by atoms with van der Waals surface area (Å²) in [6.45, 7) is 4.21. The van der Waals surface area contributed by atoms with Gasteiger partial charge in [-0.15, -0.1) is 0 Å². The minimum atomic E-state index is 0.0586. The third kappa shape index (κ3) is 4.28. The number of nitrogens with zero attached hydrogens (tertiary/aromatic N) is 2. The minimum Gasteiger partial charge on any atom is -0.399 e. The quantitative estimate of drug-likeness (QED) is 0.870. The van der Waals surface area contributed by atoms with Gasteiger partial charge in [0, 0.05) is 49.0 Å². The van der Waals surface area contributed by atoms with Crippen LogP contribution in [0.2, 0.25) is 5.02 Å². The molecule has 1 aliphatic heterocycles. The van der Waals surface area contributed by atoms with E-state index in [2.05, 4.69) is 11.0 Å². The molecule has 4 nitrogen and oxygen atoms in total. The van der Waals surface area contributed by atoms with Crippen molar-refractivity contribution in [2.45, 2.75) is 13.0 Å². The predicted octanol–water partition coefficient (Wildman–Crippen LogP) is 3.27. The van der Waals surface area contributed by atoms with Gasteiger partial charge in [-0.2, -0.15) is 0 Å². The van der Waals surface area contributed by atoms with Gasteiger partial charge in [0.1, 0.15) is 0 Å². The van der Waals surface area contributed by atoms with Crippen LogP contribution in [0.25, 0.3) is 0 Å². The third-order valence-electron chi connectivity index (χ3n) is 4.30. The van der Waals surface area contributed by atoms with Crippen molar-refractivity contribution in [3.8, 4) is 0 Å². The molecule has 0 unspecified atom stereocenters. The average molecular weight is 344 g/mol. The first-order chi connectivity index (χ1) is 11.6. The molecule has 126 valence electrons. The zero-order valence-electron chi connectivity index (χ0n) is 13.6. The second-order valence-electron chi connectivity index (χ2n) is 6.18. The summed E-state index contributed by atoms with van der Waals surface area (Å²) in [6.07, 6.45) is 0.967. The van der Waals surface area contributed by atoms with E-state index in [1.54, 1.807) is 12.1 Å². The van der Waals surface area contributed by atoms with Crippen LogP contribution in [0.5, 0.6) is 0 Å². The Morgan fingerprint density at radius 2 is 1.88 bits per heavy atom. The summed E-state index contributed by atoms with van der Waals surface area (Å²) in [4.78, 5) is 16.9. The molecule has 0 spiro atoms. The van der Waals surface area contributed by atoms with Crippen molar-refractivity contribution in [3.63, 3.8) is 0 Å². The Balaban J connectivity index is 1.61. The molecule has 1 fully saturated rings.